The Balaban J connectivity index is 2.66. The first kappa shape index (κ1) is 12.7. The lowest BCUT2D eigenvalue weighted by Crippen LogP contribution is -2.29. The van der Waals surface area contributed by atoms with Crippen LogP contribution >= 0.6 is 0 Å². The molecule has 0 saturated heterocycles. The van der Waals surface area contributed by atoms with Crippen LogP contribution in [-0.2, 0) is 4.79 Å². The van der Waals surface area contributed by atoms with E-state index >= 15 is 0 Å². The lowest BCUT2D eigenvalue weighted by atomic mass is 10.1. The number of aryl methyl sites for hydroxylation is 1. The van der Waals surface area contributed by atoms with Crippen LogP contribution in [0.15, 0.2) is 18.2 Å². The average molecular weight is 232 g/mol. The minimum absolute atomic E-state index is 0.0590. The number of ether oxygens (including phenoxy) is 1. The van der Waals surface area contributed by atoms with Gasteiger partial charge in [-0.25, -0.2) is 0 Å². The van der Waals surface area contributed by atoms with E-state index in [2.05, 4.69) is 5.32 Å². The number of carbonyl (C=O) groups is 2. The molecular weight excluding hydrogens is 220 g/mol. The van der Waals surface area contributed by atoms with Crippen molar-refractivity contribution in [1.82, 2.24) is 5.32 Å². The van der Waals surface area contributed by atoms with Gasteiger partial charge < -0.3 is 10.1 Å². The summed E-state index contributed by atoms with van der Waals surface area (Å²) in [6, 6.07) is 6.93. The zero-order chi connectivity index (χ0) is 12.7. The number of amides is 1. The molecule has 0 unspecified atom stereocenters. The predicted octanol–water partition coefficient (Wildman–Crippen LogP) is 0.826. The summed E-state index contributed by atoms with van der Waals surface area (Å²) in [6.07, 6.45) is 0.676. The van der Waals surface area contributed by atoms with Crippen LogP contribution in [-0.4, -0.2) is 25.3 Å². The van der Waals surface area contributed by atoms with Crippen molar-refractivity contribution in [3.8, 4) is 11.8 Å². The number of aldehydes is 1. The Morgan fingerprint density at radius 2 is 2.35 bits per heavy atom. The van der Waals surface area contributed by atoms with Gasteiger partial charge in [-0.3, -0.25) is 9.59 Å². The standard InChI is InChI=1S/C12H12N2O3/c1-9-3-2-4-10(7-15)12(9)17-8-11(16)14-6-5-13/h2-4,7H,6,8H2,1H3,(H,14,16). The van der Waals surface area contributed by atoms with Crippen molar-refractivity contribution in [3.05, 3.63) is 29.3 Å². The van der Waals surface area contributed by atoms with Gasteiger partial charge in [0.1, 0.15) is 12.3 Å². The topological polar surface area (TPSA) is 79.2 Å². The fraction of sp³-hybridized carbons (Fsp3) is 0.250. The number of nitriles is 1. The fourth-order valence-corrected chi connectivity index (χ4v) is 1.29. The van der Waals surface area contributed by atoms with Crippen molar-refractivity contribution >= 4 is 12.2 Å². The van der Waals surface area contributed by atoms with Crippen molar-refractivity contribution < 1.29 is 14.3 Å². The lowest BCUT2D eigenvalue weighted by molar-refractivity contribution is -0.122. The molecule has 0 aliphatic rings. The third-order valence-corrected chi connectivity index (χ3v) is 2.08. The second-order valence-electron chi connectivity index (χ2n) is 3.33. The Labute approximate surface area is 99.0 Å². The molecule has 0 aliphatic carbocycles. The smallest absolute Gasteiger partial charge is 0.258 e. The molecule has 5 heteroatoms. The molecule has 0 atom stereocenters. The lowest BCUT2D eigenvalue weighted by Gasteiger charge is -2.10. The molecular formula is C12H12N2O3. The molecule has 0 bridgehead atoms. The Morgan fingerprint density at radius 1 is 1.59 bits per heavy atom. The Bertz CT molecular complexity index is 463. The molecule has 1 amide bonds. The van der Waals surface area contributed by atoms with Crippen molar-refractivity contribution in [2.45, 2.75) is 6.92 Å². The van der Waals surface area contributed by atoms with Crippen molar-refractivity contribution in [3.63, 3.8) is 0 Å². The molecule has 1 aromatic carbocycles. The number of nitrogens with one attached hydrogen (secondary N) is 1. The van der Waals surface area contributed by atoms with Gasteiger partial charge in [-0.2, -0.15) is 5.26 Å². The highest BCUT2D eigenvalue weighted by Crippen LogP contribution is 2.21. The molecule has 0 saturated carbocycles. The first-order valence-electron chi connectivity index (χ1n) is 5.00. The molecule has 0 heterocycles. The second kappa shape index (κ2) is 6.28. The number of carbonyl (C=O) groups excluding carboxylic acids is 2. The monoisotopic (exact) mass is 232 g/mol. The first-order chi connectivity index (χ1) is 8.19. The van der Waals surface area contributed by atoms with Crippen LogP contribution < -0.4 is 10.1 Å². The minimum Gasteiger partial charge on any atom is -0.483 e. The van der Waals surface area contributed by atoms with Crippen LogP contribution in [0.25, 0.3) is 0 Å². The van der Waals surface area contributed by atoms with E-state index in [1.54, 1.807) is 31.2 Å². The number of nitrogens with zero attached hydrogens (tertiary/aromatic N) is 1. The third kappa shape index (κ3) is 3.61. The van der Waals surface area contributed by atoms with Gasteiger partial charge in [0.25, 0.3) is 5.91 Å². The van der Waals surface area contributed by atoms with Crippen molar-refractivity contribution in [1.29, 1.82) is 5.26 Å². The normalized spacial score (nSPS) is 9.18. The fourth-order valence-electron chi connectivity index (χ4n) is 1.29. The maximum absolute atomic E-state index is 11.2. The van der Waals surface area contributed by atoms with Crippen LogP contribution in [0.4, 0.5) is 0 Å². The van der Waals surface area contributed by atoms with E-state index in [-0.39, 0.29) is 13.2 Å². The van der Waals surface area contributed by atoms with Gasteiger partial charge in [-0.15, -0.1) is 0 Å². The highest BCUT2D eigenvalue weighted by atomic mass is 16.5. The average Bonchev–Trinajstić information content (AvgIpc) is 2.34. The Kier molecular flexibility index (Phi) is 4.70. The molecule has 1 aromatic rings. The molecule has 5 nitrogen and oxygen atoms in total. The molecule has 1 rings (SSSR count). The molecule has 0 radical (unpaired) electrons. The van der Waals surface area contributed by atoms with E-state index in [1.165, 1.54) is 0 Å². The van der Waals surface area contributed by atoms with Gasteiger partial charge in [-0.05, 0) is 18.6 Å². The van der Waals surface area contributed by atoms with E-state index in [0.717, 1.165) is 5.56 Å². The summed E-state index contributed by atoms with van der Waals surface area (Å²) in [5.41, 5.74) is 1.18. The zero-order valence-corrected chi connectivity index (χ0v) is 9.40. The highest BCUT2D eigenvalue weighted by molar-refractivity contribution is 5.81. The minimum atomic E-state index is -0.397. The summed E-state index contributed by atoms with van der Waals surface area (Å²) in [6.45, 7) is 1.51. The molecule has 0 aromatic heterocycles. The van der Waals surface area contributed by atoms with Gasteiger partial charge >= 0.3 is 0 Å². The van der Waals surface area contributed by atoms with Gasteiger partial charge in [-0.1, -0.05) is 12.1 Å². The van der Waals surface area contributed by atoms with Crippen LogP contribution in [0.2, 0.25) is 0 Å². The van der Waals surface area contributed by atoms with Crippen LogP contribution in [0.3, 0.4) is 0 Å². The van der Waals surface area contributed by atoms with Gasteiger partial charge in [0.15, 0.2) is 12.9 Å². The summed E-state index contributed by atoms with van der Waals surface area (Å²) in [4.78, 5) is 22.0. The summed E-state index contributed by atoms with van der Waals surface area (Å²) in [5, 5.41) is 10.6. The number of rotatable bonds is 5. The predicted molar refractivity (Wildman–Crippen MR) is 60.7 cm³/mol. The second-order valence-corrected chi connectivity index (χ2v) is 3.33. The van der Waals surface area contributed by atoms with Crippen molar-refractivity contribution in [2.24, 2.45) is 0 Å². The quantitative estimate of drug-likeness (QED) is 0.602. The number of benzene rings is 1. The van der Waals surface area contributed by atoms with Crippen LogP contribution in [0, 0.1) is 18.3 Å². The zero-order valence-electron chi connectivity index (χ0n) is 9.40. The number of para-hydroxylation sites is 1. The number of hydrogen-bond acceptors (Lipinski definition) is 4. The maximum Gasteiger partial charge on any atom is 0.258 e. The number of hydrogen-bond donors (Lipinski definition) is 1. The third-order valence-electron chi connectivity index (χ3n) is 2.08. The first-order valence-corrected chi connectivity index (χ1v) is 5.00. The van der Waals surface area contributed by atoms with Crippen molar-refractivity contribution in [2.75, 3.05) is 13.2 Å². The van der Waals surface area contributed by atoms with E-state index < -0.39 is 5.91 Å². The molecule has 0 spiro atoms. The van der Waals surface area contributed by atoms with Crippen LogP contribution in [0.1, 0.15) is 15.9 Å². The van der Waals surface area contributed by atoms with E-state index in [1.807, 2.05) is 0 Å². The highest BCUT2D eigenvalue weighted by Gasteiger charge is 2.08. The molecule has 1 N–H and O–H groups in total. The van der Waals surface area contributed by atoms with Gasteiger partial charge in [0.05, 0.1) is 11.6 Å². The van der Waals surface area contributed by atoms with Crippen LogP contribution in [0.5, 0.6) is 5.75 Å². The van der Waals surface area contributed by atoms with Gasteiger partial charge in [0.2, 0.25) is 0 Å². The van der Waals surface area contributed by atoms with E-state index in [0.29, 0.717) is 17.6 Å². The summed E-state index contributed by atoms with van der Waals surface area (Å²) >= 11 is 0. The maximum atomic E-state index is 11.2. The molecule has 0 aliphatic heterocycles. The Morgan fingerprint density at radius 3 is 3.00 bits per heavy atom. The Hall–Kier alpha value is -2.35. The molecule has 17 heavy (non-hydrogen) atoms. The summed E-state index contributed by atoms with van der Waals surface area (Å²) in [7, 11) is 0. The SMILES string of the molecule is Cc1cccc(C=O)c1OCC(=O)NCC#N. The van der Waals surface area contributed by atoms with E-state index in [4.69, 9.17) is 10.00 Å². The molecule has 88 valence electrons. The summed E-state index contributed by atoms with van der Waals surface area (Å²) < 4.78 is 5.26. The molecule has 0 fully saturated rings. The largest absolute Gasteiger partial charge is 0.483 e. The summed E-state index contributed by atoms with van der Waals surface area (Å²) in [5.74, 6) is 0.00117. The van der Waals surface area contributed by atoms with E-state index in [9.17, 15) is 9.59 Å². The van der Waals surface area contributed by atoms with Gasteiger partial charge in [0, 0.05) is 0 Å².